The van der Waals surface area contributed by atoms with Crippen LogP contribution in [0.2, 0.25) is 0 Å². The zero-order valence-electron chi connectivity index (χ0n) is 9.54. The number of carbonyl (C=O) groups is 1. The van der Waals surface area contributed by atoms with E-state index in [0.717, 1.165) is 4.57 Å². The minimum atomic E-state index is -1.10. The molecule has 5 heteroatoms. The fraction of sp³-hybridized carbons (Fsp3) is 0.167. The third kappa shape index (κ3) is 1.65. The summed E-state index contributed by atoms with van der Waals surface area (Å²) in [6, 6.07) is 8.97. The lowest BCUT2D eigenvalue weighted by Gasteiger charge is -2.03. The van der Waals surface area contributed by atoms with Crippen LogP contribution in [0.5, 0.6) is 0 Å². The predicted molar refractivity (Wildman–Crippen MR) is 62.7 cm³/mol. The molecule has 0 saturated carbocycles. The van der Waals surface area contributed by atoms with Crippen molar-refractivity contribution >= 4 is 5.97 Å². The SMILES string of the molecule is Cc1c(C(=O)O)n(C)c(=O)n1-c1ccccc1. The van der Waals surface area contributed by atoms with E-state index in [9.17, 15) is 9.59 Å². The van der Waals surface area contributed by atoms with Gasteiger partial charge in [0, 0.05) is 7.05 Å². The van der Waals surface area contributed by atoms with Gasteiger partial charge in [0.15, 0.2) is 5.69 Å². The van der Waals surface area contributed by atoms with E-state index in [2.05, 4.69) is 0 Å². The number of rotatable bonds is 2. The molecule has 1 heterocycles. The van der Waals surface area contributed by atoms with Crippen LogP contribution in [-0.4, -0.2) is 20.2 Å². The first-order chi connectivity index (χ1) is 8.04. The molecule has 2 aromatic rings. The van der Waals surface area contributed by atoms with Gasteiger partial charge in [0.25, 0.3) is 0 Å². The van der Waals surface area contributed by atoms with E-state index in [1.165, 1.54) is 11.6 Å². The minimum absolute atomic E-state index is 0.0128. The first kappa shape index (κ1) is 11.2. The predicted octanol–water partition coefficient (Wildman–Crippen LogP) is 1.18. The normalized spacial score (nSPS) is 10.5. The summed E-state index contributed by atoms with van der Waals surface area (Å²) >= 11 is 0. The number of aromatic carboxylic acids is 1. The standard InChI is InChI=1S/C12H12N2O3/c1-8-10(11(15)16)13(2)12(17)14(8)9-6-4-3-5-7-9/h3-7H,1-2H3,(H,15,16). The van der Waals surface area contributed by atoms with E-state index in [1.54, 1.807) is 31.2 Å². The summed E-state index contributed by atoms with van der Waals surface area (Å²) in [5, 5.41) is 9.06. The molecule has 0 radical (unpaired) electrons. The Labute approximate surface area is 97.5 Å². The fourth-order valence-corrected chi connectivity index (χ4v) is 1.92. The molecule has 0 spiro atoms. The van der Waals surface area contributed by atoms with Crippen molar-refractivity contribution < 1.29 is 9.90 Å². The molecule has 5 nitrogen and oxygen atoms in total. The van der Waals surface area contributed by atoms with Gasteiger partial charge in [0.1, 0.15) is 0 Å². The van der Waals surface area contributed by atoms with Gasteiger partial charge < -0.3 is 5.11 Å². The Hall–Kier alpha value is -2.30. The number of nitrogens with zero attached hydrogens (tertiary/aromatic N) is 2. The average molecular weight is 232 g/mol. The largest absolute Gasteiger partial charge is 0.477 e. The highest BCUT2D eigenvalue weighted by Crippen LogP contribution is 2.12. The lowest BCUT2D eigenvalue weighted by molar-refractivity contribution is 0.0685. The molecule has 88 valence electrons. The molecule has 0 amide bonds. The van der Waals surface area contributed by atoms with Crippen LogP contribution >= 0.6 is 0 Å². The smallest absolute Gasteiger partial charge is 0.354 e. The summed E-state index contributed by atoms with van der Waals surface area (Å²) in [5.41, 5.74) is 0.749. The molecule has 0 atom stereocenters. The summed E-state index contributed by atoms with van der Waals surface area (Å²) in [7, 11) is 1.46. The van der Waals surface area contributed by atoms with Gasteiger partial charge in [0.05, 0.1) is 11.4 Å². The zero-order chi connectivity index (χ0) is 12.6. The van der Waals surface area contributed by atoms with Crippen LogP contribution in [0.25, 0.3) is 5.69 Å². The Morgan fingerprint density at radius 1 is 1.24 bits per heavy atom. The summed E-state index contributed by atoms with van der Waals surface area (Å²) in [6.07, 6.45) is 0. The van der Waals surface area contributed by atoms with Gasteiger partial charge in [-0.15, -0.1) is 0 Å². The van der Waals surface area contributed by atoms with Gasteiger partial charge >= 0.3 is 11.7 Å². The molecule has 0 aliphatic rings. The first-order valence-electron chi connectivity index (χ1n) is 5.11. The number of carboxylic acids is 1. The molecule has 0 aliphatic heterocycles. The summed E-state index contributed by atoms with van der Waals surface area (Å²) in [6.45, 7) is 1.62. The van der Waals surface area contributed by atoms with Gasteiger partial charge in [-0.1, -0.05) is 18.2 Å². The topological polar surface area (TPSA) is 64.2 Å². The maximum Gasteiger partial charge on any atom is 0.354 e. The Balaban J connectivity index is 2.77. The fourth-order valence-electron chi connectivity index (χ4n) is 1.92. The van der Waals surface area contributed by atoms with Gasteiger partial charge in [-0.05, 0) is 19.1 Å². The molecule has 0 aliphatic carbocycles. The quantitative estimate of drug-likeness (QED) is 0.845. The molecule has 1 aromatic carbocycles. The average Bonchev–Trinajstić information content (AvgIpc) is 2.51. The van der Waals surface area contributed by atoms with E-state index < -0.39 is 5.97 Å². The van der Waals surface area contributed by atoms with E-state index in [0.29, 0.717) is 11.4 Å². The van der Waals surface area contributed by atoms with Crippen molar-refractivity contribution in [3.05, 3.63) is 52.2 Å². The van der Waals surface area contributed by atoms with Crippen LogP contribution in [0.4, 0.5) is 0 Å². The third-order valence-electron chi connectivity index (χ3n) is 2.71. The zero-order valence-corrected chi connectivity index (χ0v) is 9.54. The van der Waals surface area contributed by atoms with Crippen molar-refractivity contribution in [1.82, 2.24) is 9.13 Å². The number of hydrogen-bond acceptors (Lipinski definition) is 2. The second-order valence-corrected chi connectivity index (χ2v) is 3.75. The highest BCUT2D eigenvalue weighted by molar-refractivity contribution is 5.87. The molecular weight excluding hydrogens is 220 g/mol. The van der Waals surface area contributed by atoms with Gasteiger partial charge in [0.2, 0.25) is 0 Å². The minimum Gasteiger partial charge on any atom is -0.477 e. The van der Waals surface area contributed by atoms with Crippen molar-refractivity contribution in [3.8, 4) is 5.69 Å². The summed E-state index contributed by atoms with van der Waals surface area (Å²) in [5.74, 6) is -1.10. The lowest BCUT2D eigenvalue weighted by atomic mass is 10.3. The van der Waals surface area contributed by atoms with Crippen LogP contribution < -0.4 is 5.69 Å². The third-order valence-corrected chi connectivity index (χ3v) is 2.71. The van der Waals surface area contributed by atoms with Crippen LogP contribution in [-0.2, 0) is 7.05 Å². The monoisotopic (exact) mass is 232 g/mol. The molecule has 0 saturated heterocycles. The lowest BCUT2D eigenvalue weighted by Crippen LogP contribution is -2.22. The maximum absolute atomic E-state index is 12.0. The molecule has 0 bridgehead atoms. The van der Waals surface area contributed by atoms with Crippen molar-refractivity contribution in [2.45, 2.75) is 6.92 Å². The Bertz CT molecular complexity index is 623. The number of aromatic nitrogens is 2. The summed E-state index contributed by atoms with van der Waals surface area (Å²) in [4.78, 5) is 23.0. The van der Waals surface area contributed by atoms with Crippen molar-refractivity contribution in [2.75, 3.05) is 0 Å². The number of imidazole rings is 1. The molecule has 1 aromatic heterocycles. The van der Waals surface area contributed by atoms with Crippen LogP contribution in [0, 0.1) is 6.92 Å². The Kier molecular flexibility index (Phi) is 2.59. The van der Waals surface area contributed by atoms with Crippen LogP contribution in [0.1, 0.15) is 16.2 Å². The van der Waals surface area contributed by atoms with Crippen molar-refractivity contribution in [3.63, 3.8) is 0 Å². The van der Waals surface area contributed by atoms with Crippen molar-refractivity contribution in [1.29, 1.82) is 0 Å². The highest BCUT2D eigenvalue weighted by atomic mass is 16.4. The van der Waals surface area contributed by atoms with Crippen molar-refractivity contribution in [2.24, 2.45) is 7.05 Å². The van der Waals surface area contributed by atoms with E-state index in [4.69, 9.17) is 5.11 Å². The van der Waals surface area contributed by atoms with E-state index in [1.807, 2.05) is 6.07 Å². The number of carboxylic acid groups (broad SMARTS) is 1. The maximum atomic E-state index is 12.0. The van der Waals surface area contributed by atoms with Gasteiger partial charge in [-0.2, -0.15) is 0 Å². The number of benzene rings is 1. The number of hydrogen-bond donors (Lipinski definition) is 1. The molecule has 17 heavy (non-hydrogen) atoms. The van der Waals surface area contributed by atoms with Crippen LogP contribution in [0.15, 0.2) is 35.1 Å². The molecule has 0 unspecified atom stereocenters. The first-order valence-corrected chi connectivity index (χ1v) is 5.11. The molecular formula is C12H12N2O3. The molecule has 2 rings (SSSR count). The van der Waals surface area contributed by atoms with Gasteiger partial charge in [-0.25, -0.2) is 9.59 Å². The van der Waals surface area contributed by atoms with Gasteiger partial charge in [-0.3, -0.25) is 9.13 Å². The molecule has 0 fully saturated rings. The summed E-state index contributed by atoms with van der Waals surface area (Å²) < 4.78 is 2.54. The molecule has 1 N–H and O–H groups in total. The highest BCUT2D eigenvalue weighted by Gasteiger charge is 2.20. The van der Waals surface area contributed by atoms with E-state index in [-0.39, 0.29) is 11.4 Å². The Morgan fingerprint density at radius 2 is 1.82 bits per heavy atom. The number of para-hydroxylation sites is 1. The van der Waals surface area contributed by atoms with Crippen LogP contribution in [0.3, 0.4) is 0 Å². The second kappa shape index (κ2) is 3.93. The Morgan fingerprint density at radius 3 is 2.29 bits per heavy atom. The second-order valence-electron chi connectivity index (χ2n) is 3.75. The van der Waals surface area contributed by atoms with E-state index >= 15 is 0 Å².